The van der Waals surface area contributed by atoms with E-state index in [9.17, 15) is 5.26 Å². The van der Waals surface area contributed by atoms with Gasteiger partial charge in [-0.2, -0.15) is 5.26 Å². The SMILES string of the molecule is CC(C)(C)c1cc(-c2nc(-c3cc(C(C)(C)C)cc(C(C)(C)C)c3)nc(-c3ccc(-n4c5ccccc5c5c6oc7ccccc7c6ccc54)c(-c4cc(-c5ccc(C#N)cc5)ccc4-n4c5ccccc5c5c6oc7ccccc7c6ccc54)c3)n2)cc(C(C)(C)C)c1. The molecule has 0 aliphatic heterocycles. The Bertz CT molecular complexity index is 5690. The molecule has 0 fully saturated rings. The molecule has 16 rings (SSSR count). The molecule has 0 spiro atoms. The zero-order valence-electron chi connectivity index (χ0n) is 55.3. The van der Waals surface area contributed by atoms with Crippen molar-refractivity contribution in [2.24, 2.45) is 0 Å². The second-order valence-corrected chi connectivity index (χ2v) is 29.6. The van der Waals surface area contributed by atoms with Crippen LogP contribution in [0.15, 0.2) is 227 Å². The van der Waals surface area contributed by atoms with E-state index in [1.807, 2.05) is 36.4 Å². The molecule has 11 aromatic carbocycles. The van der Waals surface area contributed by atoms with Gasteiger partial charge >= 0.3 is 0 Å². The molecule has 0 radical (unpaired) electrons. The second-order valence-electron chi connectivity index (χ2n) is 29.6. The van der Waals surface area contributed by atoms with Crippen molar-refractivity contribution in [1.82, 2.24) is 24.1 Å². The fraction of sp³-hybridized carbons (Fsp3) is 0.186. The summed E-state index contributed by atoms with van der Waals surface area (Å²) in [6.07, 6.45) is 0. The van der Waals surface area contributed by atoms with Crippen molar-refractivity contribution in [1.29, 1.82) is 5.26 Å². The van der Waals surface area contributed by atoms with E-state index in [1.54, 1.807) is 0 Å². The highest BCUT2D eigenvalue weighted by atomic mass is 16.3. The quantitative estimate of drug-likeness (QED) is 0.158. The molecular weight excluding hydrogens is 1150 g/mol. The lowest BCUT2D eigenvalue weighted by Crippen LogP contribution is -2.17. The van der Waals surface area contributed by atoms with Crippen LogP contribution in [0.2, 0.25) is 0 Å². The van der Waals surface area contributed by atoms with Gasteiger partial charge in [0.2, 0.25) is 0 Å². The van der Waals surface area contributed by atoms with Gasteiger partial charge in [0, 0.05) is 60.1 Å². The predicted octanol–water partition coefficient (Wildman–Crippen LogP) is 23.3. The number of fused-ring (bicyclic) bond motifs is 14. The molecule has 16 aromatic rings. The Kier molecular flexibility index (Phi) is 13.1. The van der Waals surface area contributed by atoms with E-state index < -0.39 is 0 Å². The average Bonchev–Trinajstić information content (AvgIpc) is 1.54. The van der Waals surface area contributed by atoms with Gasteiger partial charge in [0.25, 0.3) is 0 Å². The van der Waals surface area contributed by atoms with Crippen LogP contribution < -0.4 is 0 Å². The average molecular weight is 1220 g/mol. The molecule has 8 nitrogen and oxygen atoms in total. The lowest BCUT2D eigenvalue weighted by Gasteiger charge is -2.26. The van der Waals surface area contributed by atoms with Gasteiger partial charge in [-0.3, -0.25) is 0 Å². The van der Waals surface area contributed by atoms with E-state index >= 15 is 0 Å². The lowest BCUT2D eigenvalue weighted by atomic mass is 9.79. The summed E-state index contributed by atoms with van der Waals surface area (Å²) in [5, 5.41) is 18.6. The van der Waals surface area contributed by atoms with Crippen molar-refractivity contribution < 1.29 is 8.83 Å². The highest BCUT2D eigenvalue weighted by molar-refractivity contribution is 6.25. The monoisotopic (exact) mass is 1220 g/mol. The summed E-state index contributed by atoms with van der Waals surface area (Å²) in [5.74, 6) is 1.75. The molecule has 0 atom stereocenters. The first-order valence-corrected chi connectivity index (χ1v) is 32.6. The lowest BCUT2D eigenvalue weighted by molar-refractivity contribution is 0.568. The minimum atomic E-state index is -0.163. The van der Waals surface area contributed by atoms with Crippen molar-refractivity contribution in [3.8, 4) is 73.9 Å². The van der Waals surface area contributed by atoms with Crippen molar-refractivity contribution in [2.75, 3.05) is 0 Å². The van der Waals surface area contributed by atoms with Crippen LogP contribution in [-0.2, 0) is 21.7 Å². The molecule has 0 saturated heterocycles. The number of hydrogen-bond acceptors (Lipinski definition) is 6. The van der Waals surface area contributed by atoms with Gasteiger partial charge in [-0.25, -0.2) is 15.0 Å². The molecule has 0 bridgehead atoms. The van der Waals surface area contributed by atoms with E-state index in [4.69, 9.17) is 23.8 Å². The fourth-order valence-corrected chi connectivity index (χ4v) is 13.9. The van der Waals surface area contributed by atoms with E-state index in [0.29, 0.717) is 23.0 Å². The van der Waals surface area contributed by atoms with Crippen molar-refractivity contribution in [3.05, 3.63) is 246 Å². The van der Waals surface area contributed by atoms with Crippen LogP contribution in [0.1, 0.15) is 111 Å². The third-order valence-electron chi connectivity index (χ3n) is 19.2. The number of nitrogens with zero attached hydrogens (tertiary/aromatic N) is 6. The molecule has 0 saturated carbocycles. The minimum Gasteiger partial charge on any atom is -0.455 e. The Hall–Kier alpha value is -10.9. The maximum atomic E-state index is 10.1. The normalized spacial score (nSPS) is 12.7. The summed E-state index contributed by atoms with van der Waals surface area (Å²) in [5.41, 5.74) is 20.7. The predicted molar refractivity (Wildman–Crippen MR) is 390 cm³/mol. The summed E-state index contributed by atoms with van der Waals surface area (Å²) in [6, 6.07) is 80.6. The largest absolute Gasteiger partial charge is 0.455 e. The van der Waals surface area contributed by atoms with Gasteiger partial charge in [-0.05, 0) is 170 Å². The Morgan fingerprint density at radius 2 is 0.681 bits per heavy atom. The maximum absolute atomic E-state index is 10.1. The summed E-state index contributed by atoms with van der Waals surface area (Å²) in [4.78, 5) is 16.9. The highest BCUT2D eigenvalue weighted by Gasteiger charge is 2.29. The fourth-order valence-electron chi connectivity index (χ4n) is 13.9. The number of para-hydroxylation sites is 4. The van der Waals surface area contributed by atoms with E-state index in [2.05, 4.69) is 280 Å². The number of rotatable bonds is 7. The van der Waals surface area contributed by atoms with Crippen LogP contribution >= 0.6 is 0 Å². The highest BCUT2D eigenvalue weighted by Crippen LogP contribution is 2.48. The molecule has 0 N–H and O–H groups in total. The zero-order chi connectivity index (χ0) is 64.9. The first-order valence-electron chi connectivity index (χ1n) is 32.6. The van der Waals surface area contributed by atoms with Crippen molar-refractivity contribution in [2.45, 2.75) is 105 Å². The first kappa shape index (κ1) is 58.2. The van der Waals surface area contributed by atoms with E-state index in [1.165, 1.54) is 22.3 Å². The van der Waals surface area contributed by atoms with E-state index in [0.717, 1.165) is 138 Å². The Morgan fingerprint density at radius 3 is 1.10 bits per heavy atom. The maximum Gasteiger partial charge on any atom is 0.164 e. The van der Waals surface area contributed by atoms with Gasteiger partial charge < -0.3 is 18.0 Å². The molecule has 94 heavy (non-hydrogen) atoms. The van der Waals surface area contributed by atoms with Crippen LogP contribution in [0.4, 0.5) is 0 Å². The standard InChI is InChI=1S/C86H72N6O2/c1-83(2,3)56-41-54(42-57(47-56)84(4,5)6)81-88-80(89-82(90-81)55-43-58(85(7,8)9)48-59(44-55)86(10,11)12)53-34-38-71(92-69-26-18-14-24-65(69)77-73(92)40-36-63-61-22-16-20-28-75(61)94-79(63)77)67(46-53)66-45-52(51-31-29-50(49-87)30-32-51)33-37-70(66)91-68-25-17-13-23-64(68)76-72(91)39-35-62-60-21-15-19-27-74(60)93-78(62)76/h13-48H,1-12H3. The summed E-state index contributed by atoms with van der Waals surface area (Å²) in [7, 11) is 0. The van der Waals surface area contributed by atoms with Crippen LogP contribution in [0.25, 0.3) is 155 Å². The molecule has 0 unspecified atom stereocenters. The molecule has 0 aliphatic rings. The third kappa shape index (κ3) is 9.58. The molecule has 458 valence electrons. The molecule has 5 heterocycles. The van der Waals surface area contributed by atoms with Crippen molar-refractivity contribution >= 4 is 87.5 Å². The number of furan rings is 2. The zero-order valence-corrected chi connectivity index (χ0v) is 55.3. The van der Waals surface area contributed by atoms with E-state index in [-0.39, 0.29) is 21.7 Å². The first-order chi connectivity index (χ1) is 45.0. The van der Waals surface area contributed by atoms with Gasteiger partial charge in [-0.15, -0.1) is 0 Å². The summed E-state index contributed by atoms with van der Waals surface area (Å²) < 4.78 is 18.7. The second kappa shape index (κ2) is 21.1. The molecule has 0 aliphatic carbocycles. The van der Waals surface area contributed by atoms with Crippen molar-refractivity contribution in [3.63, 3.8) is 0 Å². The van der Waals surface area contributed by atoms with Crippen LogP contribution in [0.3, 0.4) is 0 Å². The van der Waals surface area contributed by atoms with Gasteiger partial charge in [0.1, 0.15) is 22.3 Å². The number of aromatic nitrogens is 5. The molecule has 5 aromatic heterocycles. The Labute approximate surface area is 547 Å². The van der Waals surface area contributed by atoms with Gasteiger partial charge in [-0.1, -0.05) is 186 Å². The third-order valence-corrected chi connectivity index (χ3v) is 19.2. The number of nitriles is 1. The topological polar surface area (TPSA) is 98.6 Å². The number of benzene rings is 11. The van der Waals surface area contributed by atoms with Crippen LogP contribution in [0.5, 0.6) is 0 Å². The Morgan fingerprint density at radius 1 is 0.319 bits per heavy atom. The van der Waals surface area contributed by atoms with Gasteiger partial charge in [0.05, 0.1) is 55.8 Å². The molecular formula is C86H72N6O2. The van der Waals surface area contributed by atoms with Crippen LogP contribution in [-0.4, -0.2) is 24.1 Å². The van der Waals surface area contributed by atoms with Crippen LogP contribution in [0, 0.1) is 11.3 Å². The van der Waals surface area contributed by atoms with Gasteiger partial charge in [0.15, 0.2) is 17.5 Å². The summed E-state index contributed by atoms with van der Waals surface area (Å²) >= 11 is 0. The molecule has 0 amide bonds. The summed E-state index contributed by atoms with van der Waals surface area (Å²) in [6.45, 7) is 27.3. The molecule has 8 heteroatoms. The minimum absolute atomic E-state index is 0.163. The number of hydrogen-bond donors (Lipinski definition) is 0. The Balaban J connectivity index is 1.04. The smallest absolute Gasteiger partial charge is 0.164 e.